The zero-order valence-electron chi connectivity index (χ0n) is 14.4. The molecule has 1 aliphatic rings. The van der Waals surface area contributed by atoms with Crippen LogP contribution in [-0.2, 0) is 4.79 Å². The van der Waals surface area contributed by atoms with Crippen molar-refractivity contribution in [3.05, 3.63) is 42.7 Å². The zero-order valence-corrected chi connectivity index (χ0v) is 14.4. The van der Waals surface area contributed by atoms with Gasteiger partial charge in [0, 0.05) is 37.6 Å². The third-order valence-electron chi connectivity index (χ3n) is 4.37. The van der Waals surface area contributed by atoms with E-state index in [0.29, 0.717) is 23.9 Å². The first-order chi connectivity index (χ1) is 12.7. The van der Waals surface area contributed by atoms with E-state index in [0.717, 1.165) is 25.2 Å². The number of carbonyl (C=O) groups excluding carboxylic acids is 1. The van der Waals surface area contributed by atoms with Gasteiger partial charge in [0.2, 0.25) is 5.91 Å². The Hall–Kier alpha value is -3.23. The minimum atomic E-state index is -0.135. The Morgan fingerprint density at radius 1 is 1.31 bits per heavy atom. The van der Waals surface area contributed by atoms with Crippen LogP contribution in [0.3, 0.4) is 0 Å². The van der Waals surface area contributed by atoms with Crippen LogP contribution in [0.25, 0.3) is 5.82 Å². The quantitative estimate of drug-likeness (QED) is 0.763. The highest BCUT2D eigenvalue weighted by molar-refractivity contribution is 5.92. The van der Waals surface area contributed by atoms with Crippen LogP contribution in [0, 0.1) is 12.8 Å². The maximum atomic E-state index is 12.5. The number of anilines is 2. The Morgan fingerprint density at radius 2 is 2.19 bits per heavy atom. The lowest BCUT2D eigenvalue weighted by Crippen LogP contribution is -2.41. The summed E-state index contributed by atoms with van der Waals surface area (Å²) >= 11 is 0. The van der Waals surface area contributed by atoms with Crippen LogP contribution < -0.4 is 10.2 Å². The molecule has 0 aromatic carbocycles. The van der Waals surface area contributed by atoms with Crippen molar-refractivity contribution in [1.29, 1.82) is 0 Å². The van der Waals surface area contributed by atoms with Crippen molar-refractivity contribution in [3.63, 3.8) is 0 Å². The molecule has 0 spiro atoms. The van der Waals surface area contributed by atoms with Gasteiger partial charge in [0.15, 0.2) is 11.6 Å². The molecule has 0 aliphatic carbocycles. The molecule has 4 heterocycles. The molecule has 0 bridgehead atoms. The number of piperidine rings is 1. The van der Waals surface area contributed by atoms with Crippen molar-refractivity contribution < 1.29 is 9.32 Å². The SMILES string of the molecule is Cc1cc(NC(=O)C2CCCN(c3cc(-n4cccn4)ncn3)C2)no1. The molecule has 134 valence electrons. The van der Waals surface area contributed by atoms with Gasteiger partial charge in [-0.25, -0.2) is 14.6 Å². The van der Waals surface area contributed by atoms with Crippen LogP contribution in [0.5, 0.6) is 0 Å². The molecule has 1 atom stereocenters. The number of hydrogen-bond acceptors (Lipinski definition) is 7. The third kappa shape index (κ3) is 3.41. The van der Waals surface area contributed by atoms with Crippen molar-refractivity contribution in [2.45, 2.75) is 19.8 Å². The summed E-state index contributed by atoms with van der Waals surface area (Å²) < 4.78 is 6.68. The van der Waals surface area contributed by atoms with Gasteiger partial charge in [-0.15, -0.1) is 0 Å². The highest BCUT2D eigenvalue weighted by atomic mass is 16.5. The summed E-state index contributed by atoms with van der Waals surface area (Å²) in [5, 5.41) is 10.8. The number of rotatable bonds is 4. The predicted octanol–water partition coefficient (Wildman–Crippen LogP) is 1.81. The summed E-state index contributed by atoms with van der Waals surface area (Å²) in [4.78, 5) is 23.3. The van der Waals surface area contributed by atoms with Gasteiger partial charge in [-0.2, -0.15) is 5.10 Å². The minimum absolute atomic E-state index is 0.0515. The standard InChI is InChI=1S/C17H19N7O2/c1-12-8-14(22-26-12)21-17(25)13-4-2-6-23(10-13)15-9-16(19-11-18-15)24-7-3-5-20-24/h3,5,7-9,11,13H,2,4,6,10H2,1H3,(H,21,22,25). The molecule has 26 heavy (non-hydrogen) atoms. The number of hydrogen-bond donors (Lipinski definition) is 1. The smallest absolute Gasteiger partial charge is 0.230 e. The molecular weight excluding hydrogens is 334 g/mol. The Bertz CT molecular complexity index is 890. The van der Waals surface area contributed by atoms with Crippen LogP contribution in [-0.4, -0.2) is 43.9 Å². The topological polar surface area (TPSA) is 102 Å². The van der Waals surface area contributed by atoms with E-state index in [4.69, 9.17) is 4.52 Å². The predicted molar refractivity (Wildman–Crippen MR) is 94.0 cm³/mol. The summed E-state index contributed by atoms with van der Waals surface area (Å²) in [6, 6.07) is 5.43. The lowest BCUT2D eigenvalue weighted by molar-refractivity contribution is -0.120. The van der Waals surface area contributed by atoms with E-state index in [1.165, 1.54) is 6.33 Å². The van der Waals surface area contributed by atoms with Gasteiger partial charge >= 0.3 is 0 Å². The second-order valence-corrected chi connectivity index (χ2v) is 6.28. The number of nitrogens with zero attached hydrogens (tertiary/aromatic N) is 6. The number of aryl methyl sites for hydroxylation is 1. The summed E-state index contributed by atoms with van der Waals surface area (Å²) in [7, 11) is 0. The number of nitrogens with one attached hydrogen (secondary N) is 1. The normalized spacial score (nSPS) is 17.3. The fraction of sp³-hybridized carbons (Fsp3) is 0.353. The Kier molecular flexibility index (Phi) is 4.34. The van der Waals surface area contributed by atoms with Crippen molar-refractivity contribution >= 4 is 17.5 Å². The molecule has 4 rings (SSSR count). The fourth-order valence-corrected chi connectivity index (χ4v) is 3.09. The van der Waals surface area contributed by atoms with E-state index in [9.17, 15) is 4.79 Å². The average molecular weight is 353 g/mol. The number of aromatic nitrogens is 5. The molecule has 1 amide bonds. The van der Waals surface area contributed by atoms with Gasteiger partial charge in [0.05, 0.1) is 5.92 Å². The average Bonchev–Trinajstić information content (AvgIpc) is 3.34. The summed E-state index contributed by atoms with van der Waals surface area (Å²) in [5.74, 6) is 2.42. The zero-order chi connectivity index (χ0) is 17.9. The first-order valence-corrected chi connectivity index (χ1v) is 8.50. The Balaban J connectivity index is 1.46. The van der Waals surface area contributed by atoms with Crippen LogP contribution in [0.4, 0.5) is 11.6 Å². The van der Waals surface area contributed by atoms with E-state index >= 15 is 0 Å². The maximum Gasteiger partial charge on any atom is 0.230 e. The van der Waals surface area contributed by atoms with Gasteiger partial charge in [-0.1, -0.05) is 5.16 Å². The van der Waals surface area contributed by atoms with Crippen LogP contribution in [0.1, 0.15) is 18.6 Å². The van der Waals surface area contributed by atoms with Gasteiger partial charge in [-0.3, -0.25) is 4.79 Å². The van der Waals surface area contributed by atoms with Gasteiger partial charge in [0.1, 0.15) is 17.9 Å². The molecular formula is C17H19N7O2. The maximum absolute atomic E-state index is 12.5. The van der Waals surface area contributed by atoms with Crippen LogP contribution in [0.2, 0.25) is 0 Å². The van der Waals surface area contributed by atoms with Gasteiger partial charge in [0.25, 0.3) is 0 Å². The highest BCUT2D eigenvalue weighted by Crippen LogP contribution is 2.23. The Labute approximate surface area is 150 Å². The van der Waals surface area contributed by atoms with Crippen molar-refractivity contribution in [2.24, 2.45) is 5.92 Å². The largest absolute Gasteiger partial charge is 0.360 e. The molecule has 0 saturated carbocycles. The van der Waals surface area contributed by atoms with E-state index < -0.39 is 0 Å². The van der Waals surface area contributed by atoms with E-state index in [2.05, 4.69) is 30.4 Å². The molecule has 1 N–H and O–H groups in total. The molecule has 9 heteroatoms. The number of amides is 1. The molecule has 0 radical (unpaired) electrons. The Morgan fingerprint density at radius 3 is 2.96 bits per heavy atom. The molecule has 3 aromatic heterocycles. The van der Waals surface area contributed by atoms with Crippen molar-refractivity contribution in [1.82, 2.24) is 24.9 Å². The summed E-state index contributed by atoms with van der Waals surface area (Å²) in [5.41, 5.74) is 0. The lowest BCUT2D eigenvalue weighted by atomic mass is 9.97. The van der Waals surface area contributed by atoms with E-state index in [1.54, 1.807) is 23.9 Å². The molecule has 3 aromatic rings. The van der Waals surface area contributed by atoms with E-state index in [-0.39, 0.29) is 11.8 Å². The lowest BCUT2D eigenvalue weighted by Gasteiger charge is -2.32. The van der Waals surface area contributed by atoms with Crippen molar-refractivity contribution in [2.75, 3.05) is 23.3 Å². The van der Waals surface area contributed by atoms with Crippen LogP contribution in [0.15, 0.2) is 41.4 Å². The summed E-state index contributed by atoms with van der Waals surface area (Å²) in [6.07, 6.45) is 6.80. The minimum Gasteiger partial charge on any atom is -0.360 e. The van der Waals surface area contributed by atoms with Crippen LogP contribution >= 0.6 is 0 Å². The van der Waals surface area contributed by atoms with Gasteiger partial charge < -0.3 is 14.7 Å². The molecule has 1 fully saturated rings. The molecule has 1 unspecified atom stereocenters. The second-order valence-electron chi connectivity index (χ2n) is 6.28. The molecule has 1 saturated heterocycles. The number of carbonyl (C=O) groups is 1. The summed E-state index contributed by atoms with van der Waals surface area (Å²) in [6.45, 7) is 3.23. The highest BCUT2D eigenvalue weighted by Gasteiger charge is 2.27. The first kappa shape index (κ1) is 16.2. The first-order valence-electron chi connectivity index (χ1n) is 8.50. The second kappa shape index (κ2) is 6.95. The van der Waals surface area contributed by atoms with Gasteiger partial charge in [-0.05, 0) is 25.8 Å². The molecule has 1 aliphatic heterocycles. The fourth-order valence-electron chi connectivity index (χ4n) is 3.09. The van der Waals surface area contributed by atoms with Crippen molar-refractivity contribution in [3.8, 4) is 5.82 Å². The monoisotopic (exact) mass is 353 g/mol. The molecule has 9 nitrogen and oxygen atoms in total. The van der Waals surface area contributed by atoms with E-state index in [1.807, 2.05) is 18.3 Å². The third-order valence-corrected chi connectivity index (χ3v) is 4.37.